The van der Waals surface area contributed by atoms with E-state index < -0.39 is 18.1 Å². The number of primary amides is 1. The van der Waals surface area contributed by atoms with Crippen LogP contribution >= 0.6 is 0 Å². The van der Waals surface area contributed by atoms with Crippen molar-refractivity contribution in [1.82, 2.24) is 0 Å². The predicted octanol–water partition coefficient (Wildman–Crippen LogP) is -0.323. The maximum absolute atomic E-state index is 10.0. The Morgan fingerprint density at radius 2 is 1.50 bits per heavy atom. The lowest BCUT2D eigenvalue weighted by Gasteiger charge is -2.07. The molecule has 6 heteroatoms. The van der Waals surface area contributed by atoms with Crippen molar-refractivity contribution >= 4 is 12.1 Å². The van der Waals surface area contributed by atoms with Gasteiger partial charge in [-0.25, -0.2) is 4.79 Å². The Morgan fingerprint density at radius 1 is 1.25 bits per heavy atom. The highest BCUT2D eigenvalue weighted by atomic mass is 16.4. The lowest BCUT2D eigenvalue weighted by atomic mass is 10.1. The molecule has 0 fully saturated rings. The molecule has 0 aromatic carbocycles. The van der Waals surface area contributed by atoms with Crippen molar-refractivity contribution in [3.63, 3.8) is 0 Å². The van der Waals surface area contributed by atoms with Gasteiger partial charge in [-0.15, -0.1) is 0 Å². The van der Waals surface area contributed by atoms with Gasteiger partial charge in [0.1, 0.15) is 6.04 Å². The van der Waals surface area contributed by atoms with Crippen molar-refractivity contribution in [1.29, 1.82) is 0 Å². The number of amides is 1. The number of rotatable bonds is 2. The topological polar surface area (TPSA) is 127 Å². The van der Waals surface area contributed by atoms with Crippen LogP contribution in [-0.2, 0) is 4.79 Å². The molecule has 0 heterocycles. The molecule has 1 atom stereocenters. The highest BCUT2D eigenvalue weighted by Crippen LogP contribution is 1.96. The summed E-state index contributed by atoms with van der Waals surface area (Å²) in [4.78, 5) is 18.8. The number of carboxylic acids is 1. The first-order chi connectivity index (χ1) is 5.29. The fraction of sp³-hybridized carbons (Fsp3) is 0.667. The van der Waals surface area contributed by atoms with E-state index in [1.165, 1.54) is 0 Å². The van der Waals surface area contributed by atoms with E-state index in [0.29, 0.717) is 0 Å². The van der Waals surface area contributed by atoms with E-state index in [2.05, 4.69) is 5.73 Å². The molecular weight excluding hydrogens is 164 g/mol. The zero-order valence-corrected chi connectivity index (χ0v) is 7.02. The number of carbonyl (C=O) groups is 2. The molecule has 0 aromatic heterocycles. The minimum atomic E-state index is -1.33. The largest absolute Gasteiger partial charge is 0.480 e. The third-order valence-electron chi connectivity index (χ3n) is 1.00. The van der Waals surface area contributed by atoms with Gasteiger partial charge in [-0.1, -0.05) is 13.8 Å². The van der Waals surface area contributed by atoms with Crippen LogP contribution in [0.15, 0.2) is 0 Å². The van der Waals surface area contributed by atoms with E-state index in [-0.39, 0.29) is 5.92 Å². The molecule has 0 aliphatic rings. The second-order valence-electron chi connectivity index (χ2n) is 2.45. The predicted molar refractivity (Wildman–Crippen MR) is 42.7 cm³/mol. The summed E-state index contributed by atoms with van der Waals surface area (Å²) in [6.45, 7) is 3.55. The molecule has 72 valence electrons. The van der Waals surface area contributed by atoms with Crippen LogP contribution in [0.4, 0.5) is 4.79 Å². The van der Waals surface area contributed by atoms with Gasteiger partial charge < -0.3 is 21.7 Å². The van der Waals surface area contributed by atoms with Crippen LogP contribution in [0.1, 0.15) is 13.8 Å². The normalized spacial score (nSPS) is 11.3. The average molecular weight is 178 g/mol. The van der Waals surface area contributed by atoms with Crippen LogP contribution in [0.2, 0.25) is 0 Å². The van der Waals surface area contributed by atoms with Gasteiger partial charge >= 0.3 is 12.1 Å². The highest BCUT2D eigenvalue weighted by Gasteiger charge is 2.14. The number of hydrogen-bond donors (Lipinski definition) is 4. The molecule has 0 radical (unpaired) electrons. The summed E-state index contributed by atoms with van der Waals surface area (Å²) in [5, 5.41) is 15.4. The molecule has 0 aromatic rings. The monoisotopic (exact) mass is 178 g/mol. The minimum Gasteiger partial charge on any atom is -0.480 e. The Morgan fingerprint density at radius 3 is 1.50 bits per heavy atom. The molecule has 6 nitrogen and oxygen atoms in total. The van der Waals surface area contributed by atoms with Crippen molar-refractivity contribution in [2.45, 2.75) is 19.9 Å². The summed E-state index contributed by atoms with van der Waals surface area (Å²) in [7, 11) is 0. The van der Waals surface area contributed by atoms with Gasteiger partial charge in [0.2, 0.25) is 0 Å². The van der Waals surface area contributed by atoms with Crippen molar-refractivity contribution in [3.8, 4) is 0 Å². The Bertz CT molecular complexity index is 154. The zero-order valence-electron chi connectivity index (χ0n) is 7.02. The van der Waals surface area contributed by atoms with Gasteiger partial charge in [0.05, 0.1) is 0 Å². The SMILES string of the molecule is CC(C)C(N)C(=O)O.NC(=O)O. The van der Waals surface area contributed by atoms with E-state index in [1.54, 1.807) is 13.8 Å². The summed E-state index contributed by atoms with van der Waals surface area (Å²) in [5.74, 6) is -0.910. The molecule has 0 rings (SSSR count). The van der Waals surface area contributed by atoms with Gasteiger partial charge in [-0.2, -0.15) is 0 Å². The Hall–Kier alpha value is -1.30. The summed E-state index contributed by atoms with van der Waals surface area (Å²) in [6, 6.07) is -0.713. The van der Waals surface area contributed by atoms with Crippen LogP contribution in [-0.4, -0.2) is 28.3 Å². The van der Waals surface area contributed by atoms with E-state index >= 15 is 0 Å². The number of carboxylic acid groups (broad SMARTS) is 2. The first-order valence-electron chi connectivity index (χ1n) is 3.25. The maximum atomic E-state index is 10.0. The van der Waals surface area contributed by atoms with Gasteiger partial charge in [-0.05, 0) is 5.92 Å². The molecule has 12 heavy (non-hydrogen) atoms. The molecule has 0 saturated heterocycles. The van der Waals surface area contributed by atoms with Crippen molar-refractivity contribution < 1.29 is 19.8 Å². The van der Waals surface area contributed by atoms with Crippen LogP contribution in [0.5, 0.6) is 0 Å². The third-order valence-corrected chi connectivity index (χ3v) is 1.00. The van der Waals surface area contributed by atoms with E-state index in [0.717, 1.165) is 0 Å². The molecule has 6 N–H and O–H groups in total. The average Bonchev–Trinajstić information content (AvgIpc) is 1.84. The van der Waals surface area contributed by atoms with Gasteiger partial charge in [0.25, 0.3) is 0 Å². The first-order valence-corrected chi connectivity index (χ1v) is 3.25. The number of hydrogen-bond acceptors (Lipinski definition) is 3. The number of aliphatic carboxylic acids is 1. The standard InChI is InChI=1S/C5H11NO2.CH3NO2/c1-3(2)4(6)5(7)8;2-1(3)4/h3-4H,6H2,1-2H3,(H,7,8);2H2,(H,3,4). The lowest BCUT2D eigenvalue weighted by molar-refractivity contribution is -0.139. The van der Waals surface area contributed by atoms with Gasteiger partial charge in [0.15, 0.2) is 0 Å². The summed E-state index contributed by atoms with van der Waals surface area (Å²) < 4.78 is 0. The van der Waals surface area contributed by atoms with Crippen molar-refractivity contribution in [3.05, 3.63) is 0 Å². The molecular formula is C6H14N2O4. The fourth-order valence-electron chi connectivity index (χ4n) is 0.285. The second-order valence-corrected chi connectivity index (χ2v) is 2.45. The van der Waals surface area contributed by atoms with Gasteiger partial charge in [-0.3, -0.25) is 4.79 Å². The second kappa shape index (κ2) is 6.41. The fourth-order valence-corrected chi connectivity index (χ4v) is 0.285. The smallest absolute Gasteiger partial charge is 0.402 e. The Kier molecular flexibility index (Phi) is 7.11. The molecule has 0 saturated carbocycles. The van der Waals surface area contributed by atoms with E-state index in [4.69, 9.17) is 20.7 Å². The van der Waals surface area contributed by atoms with Crippen LogP contribution < -0.4 is 11.5 Å². The maximum Gasteiger partial charge on any atom is 0.402 e. The first kappa shape index (κ1) is 13.3. The van der Waals surface area contributed by atoms with Crippen LogP contribution in [0.25, 0.3) is 0 Å². The van der Waals surface area contributed by atoms with Gasteiger partial charge in [0, 0.05) is 0 Å². The third kappa shape index (κ3) is 11.5. The van der Waals surface area contributed by atoms with E-state index in [9.17, 15) is 4.79 Å². The summed E-state index contributed by atoms with van der Waals surface area (Å²) in [5.41, 5.74) is 9.19. The molecule has 1 unspecified atom stereocenters. The van der Waals surface area contributed by atoms with Crippen LogP contribution in [0.3, 0.4) is 0 Å². The lowest BCUT2D eigenvalue weighted by Crippen LogP contribution is -2.34. The van der Waals surface area contributed by atoms with Crippen LogP contribution in [0, 0.1) is 5.92 Å². The summed E-state index contributed by atoms with van der Waals surface area (Å²) >= 11 is 0. The van der Waals surface area contributed by atoms with Crippen molar-refractivity contribution in [2.24, 2.45) is 17.4 Å². The van der Waals surface area contributed by atoms with E-state index in [1.807, 2.05) is 0 Å². The zero-order chi connectivity index (χ0) is 10.3. The molecule has 1 amide bonds. The molecule has 0 spiro atoms. The molecule has 0 aliphatic heterocycles. The quantitative estimate of drug-likeness (QED) is 0.460. The Balaban J connectivity index is 0. The molecule has 0 aliphatic carbocycles. The summed E-state index contributed by atoms with van der Waals surface area (Å²) in [6.07, 6.45) is -1.33. The highest BCUT2D eigenvalue weighted by molar-refractivity contribution is 5.73. The molecule has 0 bridgehead atoms. The minimum absolute atomic E-state index is 0.0208. The van der Waals surface area contributed by atoms with Crippen molar-refractivity contribution in [2.75, 3.05) is 0 Å². The Labute approximate surface area is 70.2 Å². The number of nitrogens with two attached hydrogens (primary N) is 2.